The van der Waals surface area contributed by atoms with Gasteiger partial charge in [0.2, 0.25) is 0 Å². The fraction of sp³-hybridized carbons (Fsp3) is 0.500. The number of methoxy groups -OCH3 is 1. The lowest BCUT2D eigenvalue weighted by Gasteiger charge is -2.13. The van der Waals surface area contributed by atoms with Crippen LogP contribution in [0.2, 0.25) is 0 Å². The molecule has 0 fully saturated rings. The minimum atomic E-state index is -0.0147. The van der Waals surface area contributed by atoms with Crippen molar-refractivity contribution in [3.05, 3.63) is 12.7 Å². The average Bonchev–Trinajstić information content (AvgIpc) is 2.79. The molecule has 1 atom stereocenters. The molecule has 0 saturated heterocycles. The van der Waals surface area contributed by atoms with Crippen molar-refractivity contribution in [2.24, 2.45) is 0 Å². The van der Waals surface area contributed by atoms with E-state index in [9.17, 15) is 0 Å². The van der Waals surface area contributed by atoms with Crippen molar-refractivity contribution in [2.75, 3.05) is 19.5 Å². The molecule has 0 saturated carbocycles. The molecule has 0 aliphatic carbocycles. The quantitative estimate of drug-likeness (QED) is 0.592. The third-order valence-electron chi connectivity index (χ3n) is 2.72. The molecule has 0 spiro atoms. The van der Waals surface area contributed by atoms with E-state index in [-0.39, 0.29) is 6.10 Å². The molecule has 18 heavy (non-hydrogen) atoms. The largest absolute Gasteiger partial charge is 0.382 e. The molecule has 0 amide bonds. The average molecular weight is 269 g/mol. The second kappa shape index (κ2) is 5.98. The monoisotopic (exact) mass is 269 g/mol. The molecule has 2 aromatic rings. The number of hydrogen-bond acceptors (Lipinski definition) is 7. The highest BCUT2D eigenvalue weighted by Gasteiger charge is 2.11. The van der Waals surface area contributed by atoms with Crippen LogP contribution in [-0.2, 0) is 15.5 Å². The van der Waals surface area contributed by atoms with Gasteiger partial charge in [-0.3, -0.25) is 0 Å². The fourth-order valence-corrected chi connectivity index (χ4v) is 1.86. The number of nitrogen functional groups attached to an aromatic ring is 1. The van der Waals surface area contributed by atoms with Crippen LogP contribution in [0, 0.1) is 0 Å². The maximum atomic E-state index is 5.72. The number of hydrogen-bond donors (Lipinski definition) is 2. The number of aryl methyl sites for hydroxylation is 1. The summed E-state index contributed by atoms with van der Waals surface area (Å²) in [4.78, 5) is 12.3. The third-order valence-corrected chi connectivity index (χ3v) is 2.86. The van der Waals surface area contributed by atoms with Gasteiger partial charge in [-0.2, -0.15) is 0 Å². The van der Waals surface area contributed by atoms with Crippen LogP contribution in [0.15, 0.2) is 12.7 Å². The van der Waals surface area contributed by atoms with Gasteiger partial charge in [-0.05, 0) is 19.3 Å². The molecular weight excluding hydrogens is 254 g/mol. The van der Waals surface area contributed by atoms with E-state index in [4.69, 9.17) is 14.7 Å². The summed E-state index contributed by atoms with van der Waals surface area (Å²) in [5.41, 5.74) is 7.07. The summed E-state index contributed by atoms with van der Waals surface area (Å²) in [6.07, 6.45) is 3.89. The van der Waals surface area contributed by atoms with Gasteiger partial charge in [0, 0.05) is 13.7 Å². The molecule has 0 radical (unpaired) electrons. The third kappa shape index (κ3) is 2.71. The van der Waals surface area contributed by atoms with Gasteiger partial charge in [0.05, 0.1) is 19.0 Å². The summed E-state index contributed by atoms with van der Waals surface area (Å²) in [5, 5.41) is 0. The first-order valence-corrected chi connectivity index (χ1v) is 5.83. The highest BCUT2D eigenvalue weighted by Crippen LogP contribution is 2.15. The topological polar surface area (TPSA) is 88.1 Å². The fourth-order valence-electron chi connectivity index (χ4n) is 1.70. The Morgan fingerprint density at radius 3 is 3.00 bits per heavy atom. The summed E-state index contributed by atoms with van der Waals surface area (Å²) >= 11 is 3.72. The molecule has 2 aromatic heterocycles. The highest BCUT2D eigenvalue weighted by molar-refractivity contribution is 7.75. The molecular formula is C10H15N5O2S. The van der Waals surface area contributed by atoms with Crippen LogP contribution in [0.3, 0.4) is 0 Å². The Morgan fingerprint density at radius 1 is 1.44 bits per heavy atom. The van der Waals surface area contributed by atoms with Gasteiger partial charge in [0.15, 0.2) is 11.5 Å². The number of anilines is 1. The maximum Gasteiger partial charge on any atom is 0.165 e. The first-order valence-electron chi connectivity index (χ1n) is 5.46. The molecule has 0 aliphatic heterocycles. The van der Waals surface area contributed by atoms with Crippen LogP contribution in [0.4, 0.5) is 5.82 Å². The number of aromatic nitrogens is 4. The maximum absolute atomic E-state index is 5.72. The van der Waals surface area contributed by atoms with Crippen molar-refractivity contribution >= 4 is 29.9 Å². The summed E-state index contributed by atoms with van der Waals surface area (Å²) in [7, 11) is 1.64. The number of nitrogens with two attached hydrogens (primary N) is 1. The Kier molecular flexibility index (Phi) is 4.34. The molecule has 7 nitrogen and oxygen atoms in total. The molecule has 0 aromatic carbocycles. The van der Waals surface area contributed by atoms with E-state index in [0.717, 1.165) is 12.1 Å². The smallest absolute Gasteiger partial charge is 0.165 e. The Bertz CT molecular complexity index is 518. The van der Waals surface area contributed by atoms with E-state index in [0.29, 0.717) is 24.5 Å². The first-order chi connectivity index (χ1) is 8.76. The molecule has 2 rings (SSSR count). The molecule has 2 heterocycles. The minimum Gasteiger partial charge on any atom is -0.382 e. The van der Waals surface area contributed by atoms with E-state index in [2.05, 4.69) is 27.9 Å². The highest BCUT2D eigenvalue weighted by atomic mass is 32.1. The van der Waals surface area contributed by atoms with Gasteiger partial charge in [-0.25, -0.2) is 15.0 Å². The van der Waals surface area contributed by atoms with Crippen LogP contribution >= 0.6 is 12.9 Å². The lowest BCUT2D eigenvalue weighted by molar-refractivity contribution is 0.0567. The minimum absolute atomic E-state index is 0.0147. The summed E-state index contributed by atoms with van der Waals surface area (Å²) in [6.45, 7) is 1.14. The Morgan fingerprint density at radius 2 is 2.28 bits per heavy atom. The van der Waals surface area contributed by atoms with Gasteiger partial charge >= 0.3 is 0 Å². The molecule has 1 unspecified atom stereocenters. The number of rotatable bonds is 6. The predicted molar refractivity (Wildman–Crippen MR) is 70.1 cm³/mol. The Labute approximate surface area is 110 Å². The number of thiol groups is 1. The molecule has 0 aliphatic rings. The van der Waals surface area contributed by atoms with Crippen molar-refractivity contribution in [1.82, 2.24) is 19.5 Å². The molecule has 98 valence electrons. The van der Waals surface area contributed by atoms with Gasteiger partial charge in [0.1, 0.15) is 11.8 Å². The number of nitrogens with zero attached hydrogens (tertiary/aromatic N) is 4. The second-order valence-corrected chi connectivity index (χ2v) is 4.07. The van der Waals surface area contributed by atoms with Gasteiger partial charge in [-0.1, -0.05) is 0 Å². The summed E-state index contributed by atoms with van der Waals surface area (Å²) in [6, 6.07) is 0. The van der Waals surface area contributed by atoms with E-state index >= 15 is 0 Å². The van der Waals surface area contributed by atoms with Crippen LogP contribution in [-0.4, -0.2) is 39.3 Å². The van der Waals surface area contributed by atoms with E-state index < -0.39 is 0 Å². The standard InChI is InChI=1S/C10H15N5O2S/c1-16-7(4-17-18)2-3-15-6-14-8-9(11)12-5-13-10(8)15/h5-7,18H,2-4H2,1H3,(H2,11,12,13). The Balaban J connectivity index is 2.10. The summed E-state index contributed by atoms with van der Waals surface area (Å²) in [5.74, 6) is 0.390. The zero-order chi connectivity index (χ0) is 13.0. The van der Waals surface area contributed by atoms with Gasteiger partial charge in [-0.15, -0.1) is 0 Å². The Hall–Kier alpha value is -1.38. The van der Waals surface area contributed by atoms with Crippen molar-refractivity contribution in [3.8, 4) is 0 Å². The van der Waals surface area contributed by atoms with Crippen LogP contribution in [0.1, 0.15) is 6.42 Å². The zero-order valence-corrected chi connectivity index (χ0v) is 10.9. The number of ether oxygens (including phenoxy) is 1. The molecule has 0 bridgehead atoms. The molecule has 2 N–H and O–H groups in total. The zero-order valence-electron chi connectivity index (χ0n) is 9.98. The van der Waals surface area contributed by atoms with Crippen molar-refractivity contribution in [3.63, 3.8) is 0 Å². The summed E-state index contributed by atoms with van der Waals surface area (Å²) < 4.78 is 11.9. The van der Waals surface area contributed by atoms with Crippen molar-refractivity contribution in [2.45, 2.75) is 19.1 Å². The van der Waals surface area contributed by atoms with E-state index in [1.54, 1.807) is 13.4 Å². The van der Waals surface area contributed by atoms with Crippen LogP contribution in [0.25, 0.3) is 11.2 Å². The normalized spacial score (nSPS) is 13.0. The lowest BCUT2D eigenvalue weighted by atomic mass is 10.2. The van der Waals surface area contributed by atoms with Crippen LogP contribution < -0.4 is 5.73 Å². The van der Waals surface area contributed by atoms with Gasteiger partial charge < -0.3 is 19.2 Å². The van der Waals surface area contributed by atoms with Gasteiger partial charge in [0.25, 0.3) is 0 Å². The molecule has 8 heteroatoms. The first kappa shape index (κ1) is 13.1. The second-order valence-electron chi connectivity index (χ2n) is 3.81. The van der Waals surface area contributed by atoms with Crippen molar-refractivity contribution < 1.29 is 8.92 Å². The lowest BCUT2D eigenvalue weighted by Crippen LogP contribution is -2.18. The number of fused-ring (bicyclic) bond motifs is 1. The van der Waals surface area contributed by atoms with Crippen molar-refractivity contribution in [1.29, 1.82) is 0 Å². The van der Waals surface area contributed by atoms with E-state index in [1.165, 1.54) is 6.33 Å². The van der Waals surface area contributed by atoms with Crippen LogP contribution in [0.5, 0.6) is 0 Å². The number of imidazole rings is 1. The van der Waals surface area contributed by atoms with E-state index in [1.807, 2.05) is 4.57 Å². The SMILES string of the molecule is COC(CCn1cnc2c(N)ncnc21)COS. The predicted octanol–water partition coefficient (Wildman–Crippen LogP) is 0.675.